The minimum absolute atomic E-state index is 0. The second-order valence-corrected chi connectivity index (χ2v) is 1.96. The molecule has 5 heteroatoms. The summed E-state index contributed by atoms with van der Waals surface area (Å²) in [6.45, 7) is 0. The molecule has 0 radical (unpaired) electrons. The minimum atomic E-state index is -4.34. The summed E-state index contributed by atoms with van der Waals surface area (Å²) in [5, 5.41) is 0. The average Bonchev–Trinajstić information content (AvgIpc) is 0.811. The van der Waals surface area contributed by atoms with Crippen molar-refractivity contribution in [3.05, 3.63) is 0 Å². The Labute approximate surface area is 49.7 Å². The predicted molar refractivity (Wildman–Crippen MR) is 7.13 cm³/mol. The van der Waals surface area contributed by atoms with E-state index in [2.05, 4.69) is 0 Å². The van der Waals surface area contributed by atoms with Gasteiger partial charge >= 0.3 is 49.9 Å². The fourth-order valence-corrected chi connectivity index (χ4v) is 0. The number of rotatable bonds is 0. The Hall–Kier alpha value is 1.04. The SMILES string of the molecule is [Li+].[O]=[Bi](=[O])[O-]. The van der Waals surface area contributed by atoms with Gasteiger partial charge in [-0.25, -0.2) is 0 Å². The van der Waals surface area contributed by atoms with Crippen LogP contribution in [-0.4, -0.2) is 22.2 Å². The Balaban J connectivity index is 0. The molecule has 0 amide bonds. The maximum atomic E-state index is 8.62. The summed E-state index contributed by atoms with van der Waals surface area (Å²) in [6, 6.07) is 0. The van der Waals surface area contributed by atoms with Crippen LogP contribution in [0.15, 0.2) is 0 Å². The molecule has 0 fully saturated rings. The summed E-state index contributed by atoms with van der Waals surface area (Å²) >= 11 is -4.34. The van der Waals surface area contributed by atoms with Gasteiger partial charge in [-0.1, -0.05) is 0 Å². The fraction of sp³-hybridized carbons (Fsp3) is 0. The molecule has 3 nitrogen and oxygen atoms in total. The average molecular weight is 264 g/mol. The topological polar surface area (TPSA) is 57.2 Å². The Bertz CT molecular complexity index is 55.3. The van der Waals surface area contributed by atoms with Gasteiger partial charge in [0.2, 0.25) is 0 Å². The van der Waals surface area contributed by atoms with Gasteiger partial charge in [0.1, 0.15) is 0 Å². The van der Waals surface area contributed by atoms with Crippen molar-refractivity contribution >= 4 is 22.2 Å². The molecule has 0 N–H and O–H groups in total. The van der Waals surface area contributed by atoms with Crippen LogP contribution in [0.2, 0.25) is 0 Å². The van der Waals surface area contributed by atoms with E-state index in [1.165, 1.54) is 0 Å². The zero-order valence-corrected chi connectivity index (χ0v) is 6.15. The van der Waals surface area contributed by atoms with Crippen molar-refractivity contribution in [3.63, 3.8) is 0 Å². The second-order valence-electron chi connectivity index (χ2n) is 0.224. The molecule has 0 aromatic rings. The predicted octanol–water partition coefficient (Wildman–Crippen LogP) is -4.80. The van der Waals surface area contributed by atoms with E-state index in [4.69, 9.17) is 8.81 Å². The van der Waals surface area contributed by atoms with E-state index < -0.39 is 22.2 Å². The summed E-state index contributed by atoms with van der Waals surface area (Å²) < 4.78 is 25.9. The van der Waals surface area contributed by atoms with Crippen LogP contribution >= 0.6 is 0 Å². The molecule has 0 aliphatic rings. The summed E-state index contributed by atoms with van der Waals surface area (Å²) in [5.41, 5.74) is 0. The van der Waals surface area contributed by atoms with Crippen LogP contribution in [0.4, 0.5) is 0 Å². The van der Waals surface area contributed by atoms with Crippen molar-refractivity contribution < 1.29 is 27.7 Å². The van der Waals surface area contributed by atoms with E-state index in [1.807, 2.05) is 0 Å². The van der Waals surface area contributed by atoms with Crippen molar-refractivity contribution in [1.82, 2.24) is 0 Å². The van der Waals surface area contributed by atoms with E-state index in [0.717, 1.165) is 0 Å². The third-order valence-electron chi connectivity index (χ3n) is 0. The van der Waals surface area contributed by atoms with Crippen molar-refractivity contribution in [3.8, 4) is 0 Å². The molecule has 0 aliphatic carbocycles. The Morgan fingerprint density at radius 2 is 1.40 bits per heavy atom. The van der Waals surface area contributed by atoms with Crippen molar-refractivity contribution in [2.75, 3.05) is 0 Å². The van der Waals surface area contributed by atoms with Gasteiger partial charge in [-0.3, -0.25) is 0 Å². The molecule has 0 unspecified atom stereocenters. The molecule has 0 rings (SSSR count). The van der Waals surface area contributed by atoms with Gasteiger partial charge in [-0.05, 0) is 0 Å². The quantitative estimate of drug-likeness (QED) is 0.412. The standard InChI is InChI=1S/Bi.Li.3O/q;+1;;;-1. The van der Waals surface area contributed by atoms with Crippen LogP contribution < -0.4 is 22.0 Å². The normalized spacial score (nSPS) is 5.00. The molecule has 0 atom stereocenters. The molecule has 0 aliphatic heterocycles. The van der Waals surface area contributed by atoms with Crippen LogP contribution in [-0.2, 0) is 5.63 Å². The van der Waals surface area contributed by atoms with E-state index in [1.54, 1.807) is 0 Å². The van der Waals surface area contributed by atoms with E-state index in [0.29, 0.717) is 0 Å². The Kier molecular flexibility index (Phi) is 9.48. The van der Waals surface area contributed by atoms with Gasteiger partial charge in [-0.15, -0.1) is 0 Å². The first kappa shape index (κ1) is 9.40. The molecule has 0 saturated heterocycles. The summed E-state index contributed by atoms with van der Waals surface area (Å²) in [5.74, 6) is 0. The van der Waals surface area contributed by atoms with Gasteiger partial charge in [-0.2, -0.15) is 0 Å². The van der Waals surface area contributed by atoms with Crippen LogP contribution in [0.25, 0.3) is 0 Å². The molecule has 5 heavy (non-hydrogen) atoms. The van der Waals surface area contributed by atoms with Crippen LogP contribution in [0.3, 0.4) is 0 Å². The second kappa shape index (κ2) is 5.04. The third-order valence-corrected chi connectivity index (χ3v) is 0. The molecule has 24 valence electrons. The molecule has 0 spiro atoms. The molecular formula is BiLiO3. The van der Waals surface area contributed by atoms with Crippen molar-refractivity contribution in [1.29, 1.82) is 0 Å². The van der Waals surface area contributed by atoms with E-state index in [9.17, 15) is 0 Å². The summed E-state index contributed by atoms with van der Waals surface area (Å²) in [4.78, 5) is 0. The number of hydrogen-bond donors (Lipinski definition) is 0. The maximum absolute atomic E-state index is 8.62. The van der Waals surface area contributed by atoms with Gasteiger partial charge in [0.15, 0.2) is 0 Å². The fourth-order valence-electron chi connectivity index (χ4n) is 0. The van der Waals surface area contributed by atoms with E-state index >= 15 is 0 Å². The monoisotopic (exact) mass is 264 g/mol. The van der Waals surface area contributed by atoms with Crippen molar-refractivity contribution in [2.24, 2.45) is 0 Å². The van der Waals surface area contributed by atoms with Crippen LogP contribution in [0.5, 0.6) is 0 Å². The van der Waals surface area contributed by atoms with Gasteiger partial charge in [0.05, 0.1) is 0 Å². The summed E-state index contributed by atoms with van der Waals surface area (Å²) in [7, 11) is 0. The first-order valence-corrected chi connectivity index (χ1v) is 4.81. The first-order valence-electron chi connectivity index (χ1n) is 0.548. The molecule has 0 saturated carbocycles. The molecule has 0 aromatic heterocycles. The number of hydrogen-bond acceptors (Lipinski definition) is 3. The van der Waals surface area contributed by atoms with Crippen LogP contribution in [0.1, 0.15) is 0 Å². The Morgan fingerprint density at radius 3 is 1.40 bits per heavy atom. The summed E-state index contributed by atoms with van der Waals surface area (Å²) in [6.07, 6.45) is 0. The molecule has 0 bridgehead atoms. The van der Waals surface area contributed by atoms with Crippen LogP contribution in [0, 0.1) is 0 Å². The van der Waals surface area contributed by atoms with Gasteiger partial charge in [0.25, 0.3) is 0 Å². The van der Waals surface area contributed by atoms with Gasteiger partial charge < -0.3 is 0 Å². The Morgan fingerprint density at radius 1 is 1.40 bits per heavy atom. The van der Waals surface area contributed by atoms with Gasteiger partial charge in [0, 0.05) is 0 Å². The molecule has 0 heterocycles. The molecular weight excluding hydrogens is 264 g/mol. The molecule has 0 aromatic carbocycles. The van der Waals surface area contributed by atoms with E-state index in [-0.39, 0.29) is 18.9 Å². The zero-order valence-electron chi connectivity index (χ0n) is 2.67. The third kappa shape index (κ3) is 43.0. The zero-order chi connectivity index (χ0) is 3.58. The van der Waals surface area contributed by atoms with Crippen molar-refractivity contribution in [2.45, 2.75) is 0 Å². The first-order chi connectivity index (χ1) is 1.73.